The standard InChI is InChI=1S/C16H17BrN2O4S/c17-14-6-8-15(9-7-14)24(22,23)19(11-10-16(20)18-21)12-13-4-2-1-3-5-13/h1-9,21H,10-12H2,(H,18,20). The van der Waals surface area contributed by atoms with Crippen LogP contribution in [0, 0.1) is 0 Å². The Morgan fingerprint density at radius 2 is 1.71 bits per heavy atom. The highest BCUT2D eigenvalue weighted by Gasteiger charge is 2.25. The summed E-state index contributed by atoms with van der Waals surface area (Å²) >= 11 is 3.27. The third-order valence-electron chi connectivity index (χ3n) is 3.37. The molecular formula is C16H17BrN2O4S. The molecule has 2 N–H and O–H groups in total. The number of benzene rings is 2. The first kappa shape index (κ1) is 18.6. The summed E-state index contributed by atoms with van der Waals surface area (Å²) in [6.07, 6.45) is -0.140. The molecule has 0 spiro atoms. The van der Waals surface area contributed by atoms with Gasteiger partial charge >= 0.3 is 0 Å². The molecule has 1 amide bonds. The number of carbonyl (C=O) groups excluding carboxylic acids is 1. The lowest BCUT2D eigenvalue weighted by molar-refractivity contribution is -0.129. The van der Waals surface area contributed by atoms with Gasteiger partial charge in [-0.1, -0.05) is 46.3 Å². The Labute approximate surface area is 149 Å². The van der Waals surface area contributed by atoms with Gasteiger partial charge < -0.3 is 0 Å². The number of hydrogen-bond acceptors (Lipinski definition) is 4. The van der Waals surface area contributed by atoms with E-state index in [0.717, 1.165) is 10.0 Å². The molecular weight excluding hydrogens is 396 g/mol. The third-order valence-corrected chi connectivity index (χ3v) is 5.75. The average Bonchev–Trinajstić information content (AvgIpc) is 2.59. The van der Waals surface area contributed by atoms with Crippen LogP contribution >= 0.6 is 15.9 Å². The van der Waals surface area contributed by atoms with E-state index in [1.54, 1.807) is 12.1 Å². The highest BCUT2D eigenvalue weighted by Crippen LogP contribution is 2.21. The lowest BCUT2D eigenvalue weighted by Crippen LogP contribution is -2.34. The molecule has 6 nitrogen and oxygen atoms in total. The Kier molecular flexibility index (Phi) is 6.50. The molecule has 0 unspecified atom stereocenters. The van der Waals surface area contributed by atoms with Gasteiger partial charge in [0.2, 0.25) is 15.9 Å². The van der Waals surface area contributed by atoms with Gasteiger partial charge in [-0.3, -0.25) is 10.0 Å². The largest absolute Gasteiger partial charge is 0.289 e. The zero-order chi connectivity index (χ0) is 17.6. The van der Waals surface area contributed by atoms with Crippen LogP contribution in [-0.4, -0.2) is 30.4 Å². The topological polar surface area (TPSA) is 86.7 Å². The Hall–Kier alpha value is -1.74. The van der Waals surface area contributed by atoms with Crippen LogP contribution in [0.5, 0.6) is 0 Å². The molecule has 8 heteroatoms. The molecule has 2 rings (SSSR count). The number of hydroxylamine groups is 1. The van der Waals surface area contributed by atoms with Crippen molar-refractivity contribution in [3.8, 4) is 0 Å². The van der Waals surface area contributed by atoms with E-state index in [-0.39, 0.29) is 24.4 Å². The first-order chi connectivity index (χ1) is 11.4. The van der Waals surface area contributed by atoms with Crippen LogP contribution < -0.4 is 5.48 Å². The molecule has 0 radical (unpaired) electrons. The molecule has 0 aliphatic heterocycles. The summed E-state index contributed by atoms with van der Waals surface area (Å²) in [7, 11) is -3.77. The van der Waals surface area contributed by atoms with Crippen molar-refractivity contribution in [3.05, 3.63) is 64.6 Å². The van der Waals surface area contributed by atoms with Crippen molar-refractivity contribution in [2.45, 2.75) is 17.9 Å². The molecule has 2 aromatic carbocycles. The average molecular weight is 413 g/mol. The molecule has 0 bridgehead atoms. The summed E-state index contributed by atoms with van der Waals surface area (Å²) < 4.78 is 27.7. The van der Waals surface area contributed by atoms with Gasteiger partial charge in [0.05, 0.1) is 4.90 Å². The monoisotopic (exact) mass is 412 g/mol. The van der Waals surface area contributed by atoms with E-state index < -0.39 is 15.9 Å². The molecule has 0 saturated carbocycles. The van der Waals surface area contributed by atoms with E-state index in [2.05, 4.69) is 15.9 Å². The number of sulfonamides is 1. The number of rotatable bonds is 7. The molecule has 24 heavy (non-hydrogen) atoms. The normalized spacial score (nSPS) is 11.5. The van der Waals surface area contributed by atoms with Crippen LogP contribution in [0.15, 0.2) is 64.0 Å². The van der Waals surface area contributed by atoms with Crippen LogP contribution in [0.25, 0.3) is 0 Å². The van der Waals surface area contributed by atoms with Crippen LogP contribution in [0.2, 0.25) is 0 Å². The van der Waals surface area contributed by atoms with Gasteiger partial charge in [-0.25, -0.2) is 13.9 Å². The van der Waals surface area contributed by atoms with Gasteiger partial charge in [0.25, 0.3) is 0 Å². The van der Waals surface area contributed by atoms with E-state index in [1.165, 1.54) is 21.9 Å². The Balaban J connectivity index is 2.29. The summed E-state index contributed by atoms with van der Waals surface area (Å²) in [6.45, 7) is 0.0949. The van der Waals surface area contributed by atoms with Gasteiger partial charge in [0.1, 0.15) is 0 Å². The van der Waals surface area contributed by atoms with E-state index in [1.807, 2.05) is 30.3 Å². The van der Waals surface area contributed by atoms with E-state index >= 15 is 0 Å². The van der Waals surface area contributed by atoms with Crippen molar-refractivity contribution < 1.29 is 18.4 Å². The fourth-order valence-corrected chi connectivity index (χ4v) is 3.80. The van der Waals surface area contributed by atoms with Gasteiger partial charge in [-0.2, -0.15) is 4.31 Å². The first-order valence-corrected chi connectivity index (χ1v) is 9.39. The van der Waals surface area contributed by atoms with Gasteiger partial charge in [-0.05, 0) is 29.8 Å². The Bertz CT molecular complexity index is 779. The van der Waals surface area contributed by atoms with E-state index in [9.17, 15) is 13.2 Å². The summed E-state index contributed by atoms with van der Waals surface area (Å²) in [5.41, 5.74) is 2.32. The van der Waals surface area contributed by atoms with Crippen LogP contribution in [-0.2, 0) is 21.4 Å². The van der Waals surface area contributed by atoms with Gasteiger partial charge in [0.15, 0.2) is 0 Å². The first-order valence-electron chi connectivity index (χ1n) is 7.16. The molecule has 0 aliphatic rings. The second-order valence-electron chi connectivity index (χ2n) is 5.06. The Morgan fingerprint density at radius 3 is 2.29 bits per heavy atom. The fourth-order valence-electron chi connectivity index (χ4n) is 2.11. The number of amides is 1. The lowest BCUT2D eigenvalue weighted by Gasteiger charge is -2.22. The smallest absolute Gasteiger partial charge is 0.244 e. The minimum atomic E-state index is -3.77. The predicted molar refractivity (Wildman–Crippen MR) is 92.7 cm³/mol. The van der Waals surface area contributed by atoms with Gasteiger partial charge in [-0.15, -0.1) is 0 Å². The molecule has 128 valence electrons. The molecule has 2 aromatic rings. The second-order valence-corrected chi connectivity index (χ2v) is 7.92. The quantitative estimate of drug-likeness (QED) is 0.540. The summed E-state index contributed by atoms with van der Waals surface area (Å²) in [5.74, 6) is -0.640. The van der Waals surface area contributed by atoms with Crippen molar-refractivity contribution in [1.29, 1.82) is 0 Å². The summed E-state index contributed by atoms with van der Waals surface area (Å²) in [6, 6.07) is 15.4. The minimum absolute atomic E-state index is 0.0420. The van der Waals surface area contributed by atoms with Crippen molar-refractivity contribution in [3.63, 3.8) is 0 Å². The van der Waals surface area contributed by atoms with E-state index in [4.69, 9.17) is 5.21 Å². The number of carbonyl (C=O) groups is 1. The third kappa shape index (κ3) is 4.88. The predicted octanol–water partition coefficient (Wildman–Crippen LogP) is 2.54. The number of halogens is 1. The molecule has 0 fully saturated rings. The van der Waals surface area contributed by atoms with Crippen molar-refractivity contribution in [2.75, 3.05) is 6.54 Å². The molecule has 0 heterocycles. The second kappa shape index (κ2) is 8.39. The zero-order valence-electron chi connectivity index (χ0n) is 12.7. The molecule has 0 atom stereocenters. The van der Waals surface area contributed by atoms with Crippen LogP contribution in [0.1, 0.15) is 12.0 Å². The van der Waals surface area contributed by atoms with Crippen molar-refractivity contribution in [2.24, 2.45) is 0 Å². The molecule has 0 saturated heterocycles. The highest BCUT2D eigenvalue weighted by atomic mass is 79.9. The number of nitrogens with one attached hydrogen (secondary N) is 1. The number of hydrogen-bond donors (Lipinski definition) is 2. The molecule has 0 aliphatic carbocycles. The van der Waals surface area contributed by atoms with Gasteiger partial charge in [0, 0.05) is 24.0 Å². The minimum Gasteiger partial charge on any atom is -0.289 e. The van der Waals surface area contributed by atoms with Crippen molar-refractivity contribution in [1.82, 2.24) is 9.79 Å². The SMILES string of the molecule is O=C(CCN(Cc1ccccc1)S(=O)(=O)c1ccc(Br)cc1)NO. The zero-order valence-corrected chi connectivity index (χ0v) is 15.1. The van der Waals surface area contributed by atoms with E-state index in [0.29, 0.717) is 0 Å². The summed E-state index contributed by atoms with van der Waals surface area (Å²) in [5, 5.41) is 8.62. The van der Waals surface area contributed by atoms with Crippen molar-refractivity contribution >= 4 is 31.9 Å². The molecule has 0 aromatic heterocycles. The lowest BCUT2D eigenvalue weighted by atomic mass is 10.2. The Morgan fingerprint density at radius 1 is 1.08 bits per heavy atom. The maximum Gasteiger partial charge on any atom is 0.244 e. The highest BCUT2D eigenvalue weighted by molar-refractivity contribution is 9.10. The van der Waals surface area contributed by atoms with Crippen LogP contribution in [0.3, 0.4) is 0 Å². The fraction of sp³-hybridized carbons (Fsp3) is 0.188. The number of nitrogens with zero attached hydrogens (tertiary/aromatic N) is 1. The van der Waals surface area contributed by atoms with Crippen LogP contribution in [0.4, 0.5) is 0 Å². The maximum absolute atomic E-state index is 12.9. The maximum atomic E-state index is 12.9. The summed E-state index contributed by atoms with van der Waals surface area (Å²) in [4.78, 5) is 11.4.